The second-order valence-corrected chi connectivity index (χ2v) is 5.31. The molecule has 1 aliphatic rings. The lowest BCUT2D eigenvalue weighted by molar-refractivity contribution is -0.120. The van der Waals surface area contributed by atoms with Gasteiger partial charge in [0.25, 0.3) is 0 Å². The topological polar surface area (TPSA) is 55.1 Å². The molecule has 1 atom stereocenters. The first-order valence-corrected chi connectivity index (χ1v) is 7.29. The first-order chi connectivity index (χ1) is 8.24. The third-order valence-corrected chi connectivity index (χ3v) is 3.73. The standard InChI is InChI=1S/C14H28N2O/c1-2-3-6-11-13(14(15)17)16-12-9-7-4-5-8-10-12/h12-13,16H,2-11H2,1H3,(H2,15,17). The number of unbranched alkanes of at least 4 members (excludes halogenated alkanes) is 2. The van der Waals surface area contributed by atoms with E-state index in [1.165, 1.54) is 51.4 Å². The number of carbonyl (C=O) groups excluding carboxylic acids is 1. The minimum Gasteiger partial charge on any atom is -0.368 e. The van der Waals surface area contributed by atoms with Gasteiger partial charge in [0.2, 0.25) is 5.91 Å². The second-order valence-electron chi connectivity index (χ2n) is 5.31. The smallest absolute Gasteiger partial charge is 0.234 e. The normalized spacial score (nSPS) is 19.8. The molecule has 0 aromatic carbocycles. The number of hydrogen-bond donors (Lipinski definition) is 2. The van der Waals surface area contributed by atoms with Crippen LogP contribution in [0.1, 0.15) is 71.1 Å². The monoisotopic (exact) mass is 240 g/mol. The Hall–Kier alpha value is -0.570. The minimum atomic E-state index is -0.176. The first kappa shape index (κ1) is 14.5. The fourth-order valence-corrected chi connectivity index (χ4v) is 2.64. The highest BCUT2D eigenvalue weighted by Crippen LogP contribution is 2.18. The van der Waals surface area contributed by atoms with Gasteiger partial charge in [0, 0.05) is 6.04 Å². The summed E-state index contributed by atoms with van der Waals surface area (Å²) in [7, 11) is 0. The predicted octanol–water partition coefficient (Wildman–Crippen LogP) is 2.73. The van der Waals surface area contributed by atoms with E-state index >= 15 is 0 Å². The van der Waals surface area contributed by atoms with Gasteiger partial charge in [-0.15, -0.1) is 0 Å². The summed E-state index contributed by atoms with van der Waals surface area (Å²) in [4.78, 5) is 11.4. The Morgan fingerprint density at radius 2 is 1.88 bits per heavy atom. The van der Waals surface area contributed by atoms with Crippen LogP contribution < -0.4 is 11.1 Å². The zero-order chi connectivity index (χ0) is 12.5. The number of nitrogens with one attached hydrogen (secondary N) is 1. The molecule has 0 radical (unpaired) electrons. The van der Waals surface area contributed by atoms with Crippen LogP contribution in [0.25, 0.3) is 0 Å². The largest absolute Gasteiger partial charge is 0.368 e. The van der Waals surface area contributed by atoms with Gasteiger partial charge in [-0.2, -0.15) is 0 Å². The molecule has 100 valence electrons. The lowest BCUT2D eigenvalue weighted by Gasteiger charge is -2.22. The number of carbonyl (C=O) groups is 1. The van der Waals surface area contributed by atoms with Gasteiger partial charge in [-0.1, -0.05) is 51.9 Å². The van der Waals surface area contributed by atoms with Crippen molar-refractivity contribution < 1.29 is 4.79 Å². The summed E-state index contributed by atoms with van der Waals surface area (Å²) in [5.41, 5.74) is 5.47. The van der Waals surface area contributed by atoms with Crippen LogP contribution in [0.3, 0.4) is 0 Å². The van der Waals surface area contributed by atoms with Crippen molar-refractivity contribution in [1.82, 2.24) is 5.32 Å². The molecular weight excluding hydrogens is 212 g/mol. The number of nitrogens with two attached hydrogens (primary N) is 1. The summed E-state index contributed by atoms with van der Waals surface area (Å²) < 4.78 is 0. The molecule has 0 bridgehead atoms. The van der Waals surface area contributed by atoms with E-state index in [4.69, 9.17) is 5.73 Å². The molecule has 1 fully saturated rings. The summed E-state index contributed by atoms with van der Waals surface area (Å²) in [6.45, 7) is 2.18. The summed E-state index contributed by atoms with van der Waals surface area (Å²) in [6.07, 6.45) is 12.1. The van der Waals surface area contributed by atoms with Gasteiger partial charge >= 0.3 is 0 Å². The van der Waals surface area contributed by atoms with E-state index in [9.17, 15) is 4.79 Å². The third kappa shape index (κ3) is 6.06. The Bertz CT molecular complexity index is 210. The van der Waals surface area contributed by atoms with Crippen LogP contribution in [-0.2, 0) is 4.79 Å². The molecule has 3 nitrogen and oxygen atoms in total. The van der Waals surface area contributed by atoms with Crippen molar-refractivity contribution in [1.29, 1.82) is 0 Å². The number of hydrogen-bond acceptors (Lipinski definition) is 2. The van der Waals surface area contributed by atoms with Crippen LogP contribution in [0.4, 0.5) is 0 Å². The van der Waals surface area contributed by atoms with Crippen molar-refractivity contribution in [2.75, 3.05) is 0 Å². The van der Waals surface area contributed by atoms with Gasteiger partial charge in [0.1, 0.15) is 0 Å². The highest BCUT2D eigenvalue weighted by molar-refractivity contribution is 5.79. The quantitative estimate of drug-likeness (QED) is 0.531. The zero-order valence-electron chi connectivity index (χ0n) is 11.2. The van der Waals surface area contributed by atoms with Gasteiger partial charge in [-0.25, -0.2) is 0 Å². The predicted molar refractivity (Wildman–Crippen MR) is 71.8 cm³/mol. The summed E-state index contributed by atoms with van der Waals surface area (Å²) in [5.74, 6) is -0.176. The van der Waals surface area contributed by atoms with Crippen LogP contribution in [-0.4, -0.2) is 18.0 Å². The van der Waals surface area contributed by atoms with Gasteiger partial charge in [-0.3, -0.25) is 4.79 Å². The van der Waals surface area contributed by atoms with Crippen molar-refractivity contribution in [2.45, 2.75) is 83.2 Å². The van der Waals surface area contributed by atoms with Gasteiger partial charge in [0.05, 0.1) is 6.04 Å². The Balaban J connectivity index is 2.33. The Morgan fingerprint density at radius 3 is 2.41 bits per heavy atom. The molecule has 0 aromatic heterocycles. The zero-order valence-corrected chi connectivity index (χ0v) is 11.2. The third-order valence-electron chi connectivity index (χ3n) is 3.73. The molecule has 1 rings (SSSR count). The number of rotatable bonds is 7. The first-order valence-electron chi connectivity index (χ1n) is 7.29. The molecule has 17 heavy (non-hydrogen) atoms. The van der Waals surface area contributed by atoms with Crippen LogP contribution in [0, 0.1) is 0 Å². The average Bonchev–Trinajstić information content (AvgIpc) is 2.56. The molecular formula is C14H28N2O. The maximum absolute atomic E-state index is 11.4. The number of amides is 1. The molecule has 0 aromatic rings. The summed E-state index contributed by atoms with van der Waals surface area (Å²) in [5, 5.41) is 3.48. The van der Waals surface area contributed by atoms with Crippen LogP contribution >= 0.6 is 0 Å². The SMILES string of the molecule is CCCCCC(NC1CCCCCC1)C(N)=O. The summed E-state index contributed by atoms with van der Waals surface area (Å²) >= 11 is 0. The molecule has 1 aliphatic carbocycles. The van der Waals surface area contributed by atoms with Crippen LogP contribution in [0.2, 0.25) is 0 Å². The van der Waals surface area contributed by atoms with Crippen LogP contribution in [0.5, 0.6) is 0 Å². The molecule has 0 saturated heterocycles. The molecule has 1 amide bonds. The van der Waals surface area contributed by atoms with Gasteiger partial charge in [0.15, 0.2) is 0 Å². The molecule has 3 N–H and O–H groups in total. The molecule has 3 heteroatoms. The van der Waals surface area contributed by atoms with Crippen molar-refractivity contribution in [3.8, 4) is 0 Å². The Kier molecular flexibility index (Phi) is 7.25. The highest BCUT2D eigenvalue weighted by atomic mass is 16.1. The Labute approximate surface area is 106 Å². The maximum atomic E-state index is 11.4. The van der Waals surface area contributed by atoms with Crippen molar-refractivity contribution in [3.05, 3.63) is 0 Å². The fourth-order valence-electron chi connectivity index (χ4n) is 2.64. The lowest BCUT2D eigenvalue weighted by atomic mass is 10.0. The second kappa shape index (κ2) is 8.51. The lowest BCUT2D eigenvalue weighted by Crippen LogP contribution is -2.46. The van der Waals surface area contributed by atoms with E-state index < -0.39 is 0 Å². The molecule has 0 spiro atoms. The van der Waals surface area contributed by atoms with E-state index in [2.05, 4.69) is 12.2 Å². The molecule has 0 aliphatic heterocycles. The van der Waals surface area contributed by atoms with E-state index in [0.717, 1.165) is 12.8 Å². The maximum Gasteiger partial charge on any atom is 0.234 e. The Morgan fingerprint density at radius 1 is 1.24 bits per heavy atom. The van der Waals surface area contributed by atoms with E-state index in [-0.39, 0.29) is 11.9 Å². The number of primary amides is 1. The molecule has 1 unspecified atom stereocenters. The highest BCUT2D eigenvalue weighted by Gasteiger charge is 2.20. The minimum absolute atomic E-state index is 0.107. The van der Waals surface area contributed by atoms with Gasteiger partial charge in [-0.05, 0) is 19.3 Å². The average molecular weight is 240 g/mol. The fraction of sp³-hybridized carbons (Fsp3) is 0.929. The van der Waals surface area contributed by atoms with E-state index in [0.29, 0.717) is 6.04 Å². The molecule has 1 saturated carbocycles. The van der Waals surface area contributed by atoms with Crippen molar-refractivity contribution in [3.63, 3.8) is 0 Å². The van der Waals surface area contributed by atoms with Crippen molar-refractivity contribution >= 4 is 5.91 Å². The van der Waals surface area contributed by atoms with E-state index in [1.54, 1.807) is 0 Å². The van der Waals surface area contributed by atoms with E-state index in [1.807, 2.05) is 0 Å². The molecule has 0 heterocycles. The van der Waals surface area contributed by atoms with Crippen molar-refractivity contribution in [2.24, 2.45) is 5.73 Å². The van der Waals surface area contributed by atoms with Crippen LogP contribution in [0.15, 0.2) is 0 Å². The summed E-state index contributed by atoms with van der Waals surface area (Å²) in [6, 6.07) is 0.404. The van der Waals surface area contributed by atoms with Gasteiger partial charge < -0.3 is 11.1 Å².